The normalized spacial score (nSPS) is 11.2. The summed E-state index contributed by atoms with van der Waals surface area (Å²) in [5, 5.41) is 8.14. The van der Waals surface area contributed by atoms with Gasteiger partial charge in [-0.25, -0.2) is 4.98 Å². The SMILES string of the molecule is CCSc1[nH]n2nc(C)nc2c1N. The Kier molecular flexibility index (Phi) is 1.91. The van der Waals surface area contributed by atoms with Gasteiger partial charge in [-0.05, 0) is 12.7 Å². The number of anilines is 1. The zero-order valence-corrected chi connectivity index (χ0v) is 8.35. The number of hydrogen-bond donors (Lipinski definition) is 2. The van der Waals surface area contributed by atoms with Crippen LogP contribution in [0.1, 0.15) is 12.7 Å². The van der Waals surface area contributed by atoms with Crippen LogP contribution >= 0.6 is 11.8 Å². The van der Waals surface area contributed by atoms with Crippen LogP contribution in [0.3, 0.4) is 0 Å². The number of rotatable bonds is 2. The zero-order chi connectivity index (χ0) is 9.42. The van der Waals surface area contributed by atoms with Gasteiger partial charge in [-0.15, -0.1) is 16.9 Å². The largest absolute Gasteiger partial charge is 0.393 e. The summed E-state index contributed by atoms with van der Waals surface area (Å²) in [6, 6.07) is 0. The Morgan fingerprint density at radius 1 is 1.62 bits per heavy atom. The Morgan fingerprint density at radius 2 is 2.38 bits per heavy atom. The second-order valence-electron chi connectivity index (χ2n) is 2.68. The van der Waals surface area contributed by atoms with Gasteiger partial charge in [0.15, 0.2) is 5.65 Å². The number of nitrogens with one attached hydrogen (secondary N) is 1. The molecule has 0 aromatic carbocycles. The zero-order valence-electron chi connectivity index (χ0n) is 7.53. The molecule has 0 aliphatic carbocycles. The molecule has 0 saturated carbocycles. The summed E-state index contributed by atoms with van der Waals surface area (Å²) in [4.78, 5) is 4.20. The second kappa shape index (κ2) is 2.95. The molecule has 3 N–H and O–H groups in total. The maximum Gasteiger partial charge on any atom is 0.199 e. The number of aromatic amines is 1. The minimum absolute atomic E-state index is 0.687. The van der Waals surface area contributed by atoms with Crippen LogP contribution in [0, 0.1) is 6.92 Å². The maximum absolute atomic E-state index is 5.86. The lowest BCUT2D eigenvalue weighted by Crippen LogP contribution is -1.87. The molecule has 0 amide bonds. The van der Waals surface area contributed by atoms with Crippen molar-refractivity contribution < 1.29 is 0 Å². The summed E-state index contributed by atoms with van der Waals surface area (Å²) >= 11 is 1.66. The molecule has 0 aliphatic heterocycles. The Bertz CT molecular complexity index is 429. The molecule has 0 saturated heterocycles. The first-order valence-electron chi connectivity index (χ1n) is 4.06. The van der Waals surface area contributed by atoms with Crippen LogP contribution in [0.5, 0.6) is 0 Å². The van der Waals surface area contributed by atoms with Crippen molar-refractivity contribution in [1.29, 1.82) is 0 Å². The van der Waals surface area contributed by atoms with Crippen LogP contribution in [-0.2, 0) is 0 Å². The molecule has 0 aliphatic rings. The summed E-state index contributed by atoms with van der Waals surface area (Å²) in [5.41, 5.74) is 7.27. The third-order valence-corrected chi connectivity index (χ3v) is 2.58. The highest BCUT2D eigenvalue weighted by atomic mass is 32.2. The van der Waals surface area contributed by atoms with E-state index in [0.29, 0.717) is 11.3 Å². The first-order valence-corrected chi connectivity index (χ1v) is 5.04. The van der Waals surface area contributed by atoms with Crippen molar-refractivity contribution in [3.8, 4) is 0 Å². The van der Waals surface area contributed by atoms with Crippen LogP contribution in [-0.4, -0.2) is 25.6 Å². The number of nitrogens with two attached hydrogens (primary N) is 1. The number of thioether (sulfide) groups is 1. The van der Waals surface area contributed by atoms with Gasteiger partial charge >= 0.3 is 0 Å². The van der Waals surface area contributed by atoms with Crippen molar-refractivity contribution in [2.75, 3.05) is 11.5 Å². The molecule has 70 valence electrons. The Balaban J connectivity index is 2.56. The van der Waals surface area contributed by atoms with Crippen molar-refractivity contribution in [3.63, 3.8) is 0 Å². The van der Waals surface area contributed by atoms with E-state index >= 15 is 0 Å². The minimum atomic E-state index is 0.687. The average molecular weight is 197 g/mol. The van der Waals surface area contributed by atoms with Gasteiger partial charge in [0.25, 0.3) is 0 Å². The predicted molar refractivity (Wildman–Crippen MR) is 52.9 cm³/mol. The third kappa shape index (κ3) is 1.27. The number of H-pyrrole nitrogens is 1. The van der Waals surface area contributed by atoms with Gasteiger partial charge in [0.2, 0.25) is 0 Å². The molecular weight excluding hydrogens is 186 g/mol. The first-order chi connectivity index (χ1) is 6.22. The summed E-state index contributed by atoms with van der Waals surface area (Å²) in [7, 11) is 0. The summed E-state index contributed by atoms with van der Waals surface area (Å²) in [6.45, 7) is 3.92. The average Bonchev–Trinajstić information content (AvgIpc) is 2.54. The number of hydrogen-bond acceptors (Lipinski definition) is 4. The van der Waals surface area contributed by atoms with E-state index in [0.717, 1.165) is 16.6 Å². The van der Waals surface area contributed by atoms with Crippen LogP contribution in [0.15, 0.2) is 5.03 Å². The third-order valence-electron chi connectivity index (χ3n) is 1.69. The van der Waals surface area contributed by atoms with Gasteiger partial charge in [0.05, 0.1) is 0 Å². The van der Waals surface area contributed by atoms with Gasteiger partial charge in [0, 0.05) is 0 Å². The Labute approximate surface area is 79.7 Å². The predicted octanol–water partition coefficient (Wildman–Crippen LogP) is 1.06. The van der Waals surface area contributed by atoms with Crippen LogP contribution in [0.2, 0.25) is 0 Å². The minimum Gasteiger partial charge on any atom is -0.393 e. The molecule has 2 rings (SSSR count). The number of aromatic nitrogens is 4. The van der Waals surface area contributed by atoms with E-state index in [4.69, 9.17) is 5.73 Å². The Morgan fingerprint density at radius 3 is 3.00 bits per heavy atom. The fraction of sp³-hybridized carbons (Fsp3) is 0.429. The number of nitrogens with zero attached hydrogens (tertiary/aromatic N) is 3. The number of nitrogen functional groups attached to an aromatic ring is 1. The summed E-state index contributed by atoms with van der Waals surface area (Å²) in [5.74, 6) is 1.71. The van der Waals surface area contributed by atoms with E-state index in [2.05, 4.69) is 22.1 Å². The molecule has 5 nitrogen and oxygen atoms in total. The molecule has 2 aromatic rings. The fourth-order valence-electron chi connectivity index (χ4n) is 1.18. The summed E-state index contributed by atoms with van der Waals surface area (Å²) < 4.78 is 1.61. The van der Waals surface area contributed by atoms with Gasteiger partial charge in [-0.1, -0.05) is 6.92 Å². The van der Waals surface area contributed by atoms with E-state index in [9.17, 15) is 0 Å². The standard InChI is InChI=1S/C7H11N5S/c1-3-13-7-5(8)6-9-4(2)10-12(6)11-7/h11H,3,8H2,1-2H3. The molecule has 0 bridgehead atoms. The van der Waals surface area contributed by atoms with Crippen molar-refractivity contribution in [3.05, 3.63) is 5.82 Å². The maximum atomic E-state index is 5.86. The highest BCUT2D eigenvalue weighted by molar-refractivity contribution is 7.99. The van der Waals surface area contributed by atoms with Gasteiger partial charge in [-0.3, -0.25) is 5.10 Å². The molecule has 0 atom stereocenters. The van der Waals surface area contributed by atoms with Crippen molar-refractivity contribution in [1.82, 2.24) is 19.8 Å². The topological polar surface area (TPSA) is 72.0 Å². The number of aryl methyl sites for hydroxylation is 1. The quantitative estimate of drug-likeness (QED) is 0.706. The Hall–Kier alpha value is -1.17. The molecule has 2 heterocycles. The molecule has 0 radical (unpaired) electrons. The lowest BCUT2D eigenvalue weighted by atomic mass is 10.6. The smallest absolute Gasteiger partial charge is 0.199 e. The number of fused-ring (bicyclic) bond motifs is 1. The molecule has 0 fully saturated rings. The molecular formula is C7H11N5S. The van der Waals surface area contributed by atoms with Gasteiger partial charge < -0.3 is 5.73 Å². The molecule has 0 spiro atoms. The van der Waals surface area contributed by atoms with Crippen LogP contribution in [0.4, 0.5) is 5.69 Å². The second-order valence-corrected chi connectivity index (χ2v) is 3.96. The van der Waals surface area contributed by atoms with Crippen LogP contribution in [0.25, 0.3) is 5.65 Å². The highest BCUT2D eigenvalue weighted by Crippen LogP contribution is 2.25. The van der Waals surface area contributed by atoms with E-state index in [-0.39, 0.29) is 0 Å². The van der Waals surface area contributed by atoms with E-state index in [1.54, 1.807) is 16.4 Å². The fourth-order valence-corrected chi connectivity index (χ4v) is 1.87. The first kappa shape index (κ1) is 8.43. The lowest BCUT2D eigenvalue weighted by molar-refractivity contribution is 0.774. The van der Waals surface area contributed by atoms with Gasteiger partial charge in [-0.2, -0.15) is 4.63 Å². The van der Waals surface area contributed by atoms with Gasteiger partial charge in [0.1, 0.15) is 16.5 Å². The monoisotopic (exact) mass is 197 g/mol. The van der Waals surface area contributed by atoms with Crippen LogP contribution < -0.4 is 5.73 Å². The van der Waals surface area contributed by atoms with Crippen molar-refractivity contribution in [2.24, 2.45) is 0 Å². The van der Waals surface area contributed by atoms with E-state index in [1.807, 2.05) is 6.92 Å². The summed E-state index contributed by atoms with van der Waals surface area (Å²) in [6.07, 6.45) is 0. The van der Waals surface area contributed by atoms with Crippen molar-refractivity contribution in [2.45, 2.75) is 18.9 Å². The lowest BCUT2D eigenvalue weighted by Gasteiger charge is -1.92. The molecule has 2 aromatic heterocycles. The van der Waals surface area contributed by atoms with Crippen molar-refractivity contribution >= 4 is 23.1 Å². The van der Waals surface area contributed by atoms with E-state index in [1.165, 1.54) is 0 Å². The van der Waals surface area contributed by atoms with E-state index < -0.39 is 0 Å². The molecule has 13 heavy (non-hydrogen) atoms. The molecule has 0 unspecified atom stereocenters. The molecule has 6 heteroatoms. The highest BCUT2D eigenvalue weighted by Gasteiger charge is 2.11.